The standard InChI is InChI=1S/C27H36O2PSi/c1-21-16-19-24(29-31(5,6)27(2,3)4)20-23(21)18-17-22-12-10-11-15-26(22)30(28)25-13-8-7-9-14-25/h7-15,18,24H,1,16-17,19-20H2,2-6H3/q+1/t24-/m0/s1. The maximum atomic E-state index is 13.2. The summed E-state index contributed by atoms with van der Waals surface area (Å²) in [7, 11) is -3.38. The number of benzene rings is 2. The van der Waals surface area contributed by atoms with Crippen LogP contribution >= 0.6 is 7.80 Å². The molecule has 1 aliphatic carbocycles. The molecule has 0 saturated heterocycles. The van der Waals surface area contributed by atoms with Crippen molar-refractivity contribution < 1.29 is 8.99 Å². The zero-order chi connectivity index (χ0) is 22.6. The lowest BCUT2D eigenvalue weighted by Gasteiger charge is -2.41. The highest BCUT2D eigenvalue weighted by atomic mass is 31.1. The zero-order valence-corrected chi connectivity index (χ0v) is 21.5. The lowest BCUT2D eigenvalue weighted by Crippen LogP contribution is -2.44. The molecule has 4 heteroatoms. The molecule has 1 aliphatic rings. The first-order chi connectivity index (χ1) is 14.6. The molecule has 1 unspecified atom stereocenters. The van der Waals surface area contributed by atoms with Crippen molar-refractivity contribution in [1.29, 1.82) is 0 Å². The molecule has 2 aromatic rings. The number of hydrogen-bond donors (Lipinski definition) is 0. The lowest BCUT2D eigenvalue weighted by atomic mass is 9.87. The summed E-state index contributed by atoms with van der Waals surface area (Å²) in [5, 5.41) is 2.02. The van der Waals surface area contributed by atoms with E-state index >= 15 is 0 Å². The predicted molar refractivity (Wildman–Crippen MR) is 137 cm³/mol. The molecule has 164 valence electrons. The monoisotopic (exact) mass is 451 g/mol. The summed E-state index contributed by atoms with van der Waals surface area (Å²) < 4.78 is 19.9. The Morgan fingerprint density at radius 3 is 2.42 bits per heavy atom. The molecule has 0 heterocycles. The molecule has 0 aliphatic heterocycles. The first-order valence-electron chi connectivity index (χ1n) is 11.2. The van der Waals surface area contributed by atoms with Crippen LogP contribution in [0.4, 0.5) is 0 Å². The van der Waals surface area contributed by atoms with Gasteiger partial charge in [0.15, 0.2) is 18.9 Å². The van der Waals surface area contributed by atoms with Gasteiger partial charge in [0.2, 0.25) is 0 Å². The second kappa shape index (κ2) is 9.77. The minimum Gasteiger partial charge on any atom is -0.414 e. The Morgan fingerprint density at radius 1 is 1.10 bits per heavy atom. The maximum Gasteiger partial charge on any atom is 0.415 e. The van der Waals surface area contributed by atoms with Crippen LogP contribution in [0.2, 0.25) is 18.1 Å². The quantitative estimate of drug-likeness (QED) is 0.347. The average molecular weight is 452 g/mol. The molecule has 0 aromatic heterocycles. The van der Waals surface area contributed by atoms with Crippen LogP contribution in [0.25, 0.3) is 0 Å². The van der Waals surface area contributed by atoms with Gasteiger partial charge in [-0.1, -0.05) is 80.0 Å². The van der Waals surface area contributed by atoms with Crippen molar-refractivity contribution in [2.24, 2.45) is 0 Å². The van der Waals surface area contributed by atoms with Crippen LogP contribution in [0.1, 0.15) is 45.6 Å². The molecule has 2 nitrogen and oxygen atoms in total. The Bertz CT molecular complexity index is 970. The SMILES string of the molecule is C=C1CC[C@H](O[Si](C)(C)C(C)(C)C)CC1=CCc1ccccc1[P+](=O)c1ccccc1. The van der Waals surface area contributed by atoms with E-state index in [9.17, 15) is 4.57 Å². The van der Waals surface area contributed by atoms with E-state index in [1.165, 1.54) is 11.1 Å². The van der Waals surface area contributed by atoms with Crippen LogP contribution in [-0.2, 0) is 15.4 Å². The Kier molecular flexibility index (Phi) is 7.52. The van der Waals surface area contributed by atoms with Gasteiger partial charge < -0.3 is 4.43 Å². The van der Waals surface area contributed by atoms with Gasteiger partial charge in [-0.25, -0.2) is 0 Å². The van der Waals surface area contributed by atoms with Gasteiger partial charge in [-0.2, -0.15) is 0 Å². The van der Waals surface area contributed by atoms with Crippen LogP contribution in [-0.4, -0.2) is 14.4 Å². The maximum absolute atomic E-state index is 13.2. The van der Waals surface area contributed by atoms with E-state index in [0.29, 0.717) is 0 Å². The summed E-state index contributed by atoms with van der Waals surface area (Å²) in [6, 6.07) is 17.8. The van der Waals surface area contributed by atoms with Gasteiger partial charge >= 0.3 is 7.80 Å². The smallest absolute Gasteiger partial charge is 0.414 e. The summed E-state index contributed by atoms with van der Waals surface area (Å²) in [4.78, 5) is 0. The van der Waals surface area contributed by atoms with Gasteiger partial charge in [0.25, 0.3) is 0 Å². The van der Waals surface area contributed by atoms with Crippen LogP contribution < -0.4 is 10.6 Å². The fourth-order valence-electron chi connectivity index (χ4n) is 3.73. The second-order valence-electron chi connectivity index (χ2n) is 10.0. The van der Waals surface area contributed by atoms with E-state index < -0.39 is 16.1 Å². The summed E-state index contributed by atoms with van der Waals surface area (Å²) >= 11 is 0. The van der Waals surface area contributed by atoms with Crippen molar-refractivity contribution in [3.05, 3.63) is 84.0 Å². The van der Waals surface area contributed by atoms with Crippen molar-refractivity contribution in [3.63, 3.8) is 0 Å². The highest BCUT2D eigenvalue weighted by Gasteiger charge is 2.39. The molecule has 1 saturated carbocycles. The zero-order valence-electron chi connectivity index (χ0n) is 19.7. The fourth-order valence-corrected chi connectivity index (χ4v) is 6.48. The van der Waals surface area contributed by atoms with Crippen LogP contribution in [0.15, 0.2) is 78.4 Å². The topological polar surface area (TPSA) is 26.3 Å². The van der Waals surface area contributed by atoms with Gasteiger partial charge in [-0.15, -0.1) is 0 Å². The first-order valence-corrected chi connectivity index (χ1v) is 15.4. The van der Waals surface area contributed by atoms with Crippen molar-refractivity contribution >= 4 is 26.7 Å². The van der Waals surface area contributed by atoms with Crippen LogP contribution in [0, 0.1) is 0 Å². The molecule has 2 atom stereocenters. The summed E-state index contributed by atoms with van der Waals surface area (Å²) in [6.45, 7) is 15.9. The third-order valence-corrected chi connectivity index (χ3v) is 12.9. The van der Waals surface area contributed by atoms with Crippen molar-refractivity contribution in [2.75, 3.05) is 0 Å². The van der Waals surface area contributed by atoms with Gasteiger partial charge in [-0.3, -0.25) is 0 Å². The minimum absolute atomic E-state index is 0.215. The van der Waals surface area contributed by atoms with E-state index in [1.807, 2.05) is 48.5 Å². The first kappa shape index (κ1) is 23.9. The third-order valence-electron chi connectivity index (χ3n) is 6.71. The highest BCUT2D eigenvalue weighted by molar-refractivity contribution is 7.61. The molecule has 3 rings (SSSR count). The van der Waals surface area contributed by atoms with Gasteiger partial charge in [0.05, 0.1) is 0 Å². The Morgan fingerprint density at radius 2 is 1.74 bits per heavy atom. The molecular weight excluding hydrogens is 415 g/mol. The molecule has 0 radical (unpaired) electrons. The van der Waals surface area contributed by atoms with Gasteiger partial charge in [0, 0.05) is 11.7 Å². The van der Waals surface area contributed by atoms with E-state index in [2.05, 4.69) is 52.6 Å². The average Bonchev–Trinajstić information content (AvgIpc) is 2.73. The van der Waals surface area contributed by atoms with E-state index in [0.717, 1.165) is 41.9 Å². The predicted octanol–water partition coefficient (Wildman–Crippen LogP) is 7.06. The van der Waals surface area contributed by atoms with Gasteiger partial charge in [0.1, 0.15) is 0 Å². The Labute approximate surface area is 190 Å². The number of rotatable bonds is 6. The van der Waals surface area contributed by atoms with Gasteiger partial charge in [-0.05, 0) is 67.6 Å². The van der Waals surface area contributed by atoms with E-state index in [1.54, 1.807) is 0 Å². The summed E-state index contributed by atoms with van der Waals surface area (Å²) in [5.41, 5.74) is 3.65. The van der Waals surface area contributed by atoms with Crippen molar-refractivity contribution in [1.82, 2.24) is 0 Å². The molecule has 0 amide bonds. The normalized spacial score (nSPS) is 19.5. The van der Waals surface area contributed by atoms with E-state index in [-0.39, 0.29) is 11.1 Å². The van der Waals surface area contributed by atoms with Crippen LogP contribution in [0.5, 0.6) is 0 Å². The van der Waals surface area contributed by atoms with Crippen molar-refractivity contribution in [2.45, 2.75) is 70.7 Å². The molecule has 1 fully saturated rings. The van der Waals surface area contributed by atoms with Crippen molar-refractivity contribution in [3.8, 4) is 0 Å². The lowest BCUT2D eigenvalue weighted by molar-refractivity contribution is 0.164. The molecular formula is C27H36O2PSi+. The second-order valence-corrected chi connectivity index (χ2v) is 16.4. The molecule has 0 spiro atoms. The summed E-state index contributed by atoms with van der Waals surface area (Å²) in [5.74, 6) is 0. The number of allylic oxidation sites excluding steroid dienone is 2. The molecule has 0 bridgehead atoms. The summed E-state index contributed by atoms with van der Waals surface area (Å²) in [6.07, 6.45) is 6.30. The van der Waals surface area contributed by atoms with Crippen LogP contribution in [0.3, 0.4) is 0 Å². The molecule has 0 N–H and O–H groups in total. The van der Waals surface area contributed by atoms with E-state index in [4.69, 9.17) is 4.43 Å². The fraction of sp³-hybridized carbons (Fsp3) is 0.407. The minimum atomic E-state index is -1.79. The Hall–Kier alpha value is -1.80. The number of hydrogen-bond acceptors (Lipinski definition) is 2. The highest BCUT2D eigenvalue weighted by Crippen LogP contribution is 2.40. The largest absolute Gasteiger partial charge is 0.415 e. The third kappa shape index (κ3) is 5.92. The molecule has 2 aromatic carbocycles. The Balaban J connectivity index is 1.77. The molecule has 31 heavy (non-hydrogen) atoms.